The van der Waals surface area contributed by atoms with Gasteiger partial charge in [0, 0.05) is 6.54 Å². The third-order valence-electron chi connectivity index (χ3n) is 2.39. The fourth-order valence-electron chi connectivity index (χ4n) is 1.43. The Morgan fingerprint density at radius 1 is 1.62 bits per heavy atom. The van der Waals surface area contributed by atoms with E-state index in [1.807, 2.05) is 0 Å². The zero-order valence-corrected chi connectivity index (χ0v) is 11.2. The highest BCUT2D eigenvalue weighted by Gasteiger charge is 2.29. The van der Waals surface area contributed by atoms with E-state index in [0.717, 1.165) is 0 Å². The molecule has 1 fully saturated rings. The van der Waals surface area contributed by atoms with Gasteiger partial charge in [-0.25, -0.2) is 0 Å². The Bertz CT molecular complexity index is 374. The van der Waals surface area contributed by atoms with E-state index in [1.165, 1.54) is 16.7 Å². The molecular weight excluding hydrogens is 270 g/mol. The van der Waals surface area contributed by atoms with Crippen LogP contribution < -0.4 is 0 Å². The Hall–Kier alpha value is -0.180. The van der Waals surface area contributed by atoms with Crippen molar-refractivity contribution in [3.63, 3.8) is 0 Å². The standard InChI is InChI=1S/C8H13NO4S3/c1-2-6(16(11,12)13)3-4-9-7(10)5-15-8(9)14/h6H,2-5H2,1H3,(H,11,12,13). The van der Waals surface area contributed by atoms with Crippen LogP contribution in [0.25, 0.3) is 0 Å². The molecule has 0 aromatic rings. The summed E-state index contributed by atoms with van der Waals surface area (Å²) < 4.78 is 31.3. The van der Waals surface area contributed by atoms with Gasteiger partial charge in [-0.15, -0.1) is 0 Å². The van der Waals surface area contributed by atoms with Gasteiger partial charge in [0.1, 0.15) is 4.32 Å². The number of thioether (sulfide) groups is 1. The molecule has 1 N–H and O–H groups in total. The van der Waals surface area contributed by atoms with E-state index in [9.17, 15) is 13.2 Å². The Kier molecular flexibility index (Phi) is 4.72. The first-order valence-corrected chi connectivity index (χ1v) is 7.69. The quantitative estimate of drug-likeness (QED) is 0.597. The van der Waals surface area contributed by atoms with E-state index < -0.39 is 15.4 Å². The highest BCUT2D eigenvalue weighted by Crippen LogP contribution is 2.20. The van der Waals surface area contributed by atoms with E-state index in [4.69, 9.17) is 16.8 Å². The van der Waals surface area contributed by atoms with Gasteiger partial charge in [-0.05, 0) is 12.8 Å². The molecular formula is C8H13NO4S3. The summed E-state index contributed by atoms with van der Waals surface area (Å²) in [6.45, 7) is 1.93. The molecule has 16 heavy (non-hydrogen) atoms. The molecule has 1 heterocycles. The maximum atomic E-state index is 11.3. The molecule has 1 rings (SSSR count). The number of nitrogens with zero attached hydrogens (tertiary/aromatic N) is 1. The van der Waals surface area contributed by atoms with Gasteiger partial charge in [-0.2, -0.15) is 8.42 Å². The molecule has 1 saturated heterocycles. The van der Waals surface area contributed by atoms with Crippen LogP contribution in [0.1, 0.15) is 19.8 Å². The number of carbonyl (C=O) groups is 1. The van der Waals surface area contributed by atoms with Gasteiger partial charge in [-0.3, -0.25) is 14.2 Å². The van der Waals surface area contributed by atoms with Crippen LogP contribution in [0.15, 0.2) is 0 Å². The Morgan fingerprint density at radius 3 is 2.62 bits per heavy atom. The minimum Gasteiger partial charge on any atom is -0.297 e. The summed E-state index contributed by atoms with van der Waals surface area (Å²) in [5.41, 5.74) is 0. The number of hydrogen-bond donors (Lipinski definition) is 1. The van der Waals surface area contributed by atoms with Crippen LogP contribution in [0, 0.1) is 0 Å². The van der Waals surface area contributed by atoms with Gasteiger partial charge in [0.05, 0.1) is 11.0 Å². The molecule has 0 bridgehead atoms. The predicted octanol–water partition coefficient (Wildman–Crippen LogP) is 0.903. The van der Waals surface area contributed by atoms with Gasteiger partial charge in [0.25, 0.3) is 10.1 Å². The molecule has 8 heteroatoms. The first-order chi connectivity index (χ1) is 7.36. The maximum Gasteiger partial charge on any atom is 0.267 e. The second-order valence-electron chi connectivity index (χ2n) is 3.43. The molecule has 0 aromatic heterocycles. The third kappa shape index (κ3) is 3.41. The monoisotopic (exact) mass is 283 g/mol. The van der Waals surface area contributed by atoms with E-state index in [0.29, 0.717) is 16.5 Å². The zero-order chi connectivity index (χ0) is 12.3. The van der Waals surface area contributed by atoms with Gasteiger partial charge in [0.15, 0.2) is 0 Å². The average Bonchev–Trinajstić information content (AvgIpc) is 2.47. The summed E-state index contributed by atoms with van der Waals surface area (Å²) in [4.78, 5) is 12.7. The van der Waals surface area contributed by atoms with Crippen molar-refractivity contribution in [3.05, 3.63) is 0 Å². The number of carbonyl (C=O) groups excluding carboxylic acids is 1. The van der Waals surface area contributed by atoms with Crippen LogP contribution in [0.5, 0.6) is 0 Å². The Labute approximate surface area is 104 Å². The maximum absolute atomic E-state index is 11.3. The number of thiocarbonyl (C=S) groups is 1. The van der Waals surface area contributed by atoms with E-state index in [-0.39, 0.29) is 18.9 Å². The topological polar surface area (TPSA) is 74.7 Å². The van der Waals surface area contributed by atoms with Gasteiger partial charge >= 0.3 is 0 Å². The molecule has 1 aliphatic heterocycles. The number of rotatable bonds is 5. The summed E-state index contributed by atoms with van der Waals surface area (Å²) in [5, 5.41) is -0.825. The molecule has 1 atom stereocenters. The van der Waals surface area contributed by atoms with Crippen molar-refractivity contribution in [3.8, 4) is 0 Å². The second-order valence-corrected chi connectivity index (χ2v) is 6.74. The minimum absolute atomic E-state index is 0.0970. The molecule has 1 aliphatic rings. The van der Waals surface area contributed by atoms with E-state index in [2.05, 4.69) is 0 Å². The number of hydrogen-bond acceptors (Lipinski definition) is 5. The summed E-state index contributed by atoms with van der Waals surface area (Å²) >= 11 is 6.23. The minimum atomic E-state index is -4.03. The lowest BCUT2D eigenvalue weighted by molar-refractivity contribution is -0.124. The van der Waals surface area contributed by atoms with Crippen LogP contribution in [0.2, 0.25) is 0 Å². The van der Waals surface area contributed by atoms with Crippen molar-refractivity contribution in [2.75, 3.05) is 12.3 Å². The fourth-order valence-corrected chi connectivity index (χ4v) is 3.38. The Morgan fingerprint density at radius 2 is 2.25 bits per heavy atom. The highest BCUT2D eigenvalue weighted by atomic mass is 32.2. The van der Waals surface area contributed by atoms with Crippen LogP contribution in [-0.2, 0) is 14.9 Å². The molecule has 0 saturated carbocycles. The SMILES string of the molecule is CCC(CCN1C(=O)CSC1=S)S(=O)(=O)O. The van der Waals surface area contributed by atoms with Gasteiger partial charge in [0.2, 0.25) is 5.91 Å². The summed E-state index contributed by atoms with van der Waals surface area (Å²) in [5.74, 6) is 0.224. The molecule has 1 amide bonds. The normalized spacial score (nSPS) is 19.2. The van der Waals surface area contributed by atoms with Crippen LogP contribution >= 0.6 is 24.0 Å². The lowest BCUT2D eigenvalue weighted by atomic mass is 10.2. The second kappa shape index (κ2) is 5.44. The van der Waals surface area contributed by atoms with Crippen molar-refractivity contribution in [1.82, 2.24) is 4.90 Å². The summed E-state index contributed by atoms with van der Waals surface area (Å²) in [7, 11) is -4.03. The number of amides is 1. The molecule has 0 radical (unpaired) electrons. The summed E-state index contributed by atoms with van der Waals surface area (Å²) in [6, 6.07) is 0. The van der Waals surface area contributed by atoms with Crippen LogP contribution in [-0.4, -0.2) is 45.6 Å². The predicted molar refractivity (Wildman–Crippen MR) is 67.0 cm³/mol. The largest absolute Gasteiger partial charge is 0.297 e. The molecule has 0 aromatic carbocycles. The smallest absolute Gasteiger partial charge is 0.267 e. The lowest BCUT2D eigenvalue weighted by Gasteiger charge is -2.17. The molecule has 92 valence electrons. The van der Waals surface area contributed by atoms with Gasteiger partial charge < -0.3 is 0 Å². The Balaban J connectivity index is 2.56. The molecule has 5 nitrogen and oxygen atoms in total. The molecule has 0 spiro atoms. The molecule has 1 unspecified atom stereocenters. The first-order valence-electron chi connectivity index (χ1n) is 4.79. The third-order valence-corrected chi connectivity index (χ3v) is 5.24. The van der Waals surface area contributed by atoms with E-state index >= 15 is 0 Å². The van der Waals surface area contributed by atoms with Crippen molar-refractivity contribution in [2.24, 2.45) is 0 Å². The average molecular weight is 283 g/mol. The van der Waals surface area contributed by atoms with Crippen LogP contribution in [0.4, 0.5) is 0 Å². The lowest BCUT2D eigenvalue weighted by Crippen LogP contribution is -2.33. The fraction of sp³-hybridized carbons (Fsp3) is 0.750. The van der Waals surface area contributed by atoms with Gasteiger partial charge in [-0.1, -0.05) is 30.9 Å². The van der Waals surface area contributed by atoms with Crippen molar-refractivity contribution in [2.45, 2.75) is 25.0 Å². The summed E-state index contributed by atoms with van der Waals surface area (Å²) in [6.07, 6.45) is 0.530. The van der Waals surface area contributed by atoms with Crippen molar-refractivity contribution in [1.29, 1.82) is 0 Å². The highest BCUT2D eigenvalue weighted by molar-refractivity contribution is 8.23. The van der Waals surface area contributed by atoms with E-state index in [1.54, 1.807) is 6.92 Å². The van der Waals surface area contributed by atoms with Crippen molar-refractivity contribution < 1.29 is 17.8 Å². The van der Waals surface area contributed by atoms with Crippen LogP contribution in [0.3, 0.4) is 0 Å². The van der Waals surface area contributed by atoms with Crippen molar-refractivity contribution >= 4 is 44.3 Å². The molecule has 0 aliphatic carbocycles. The zero-order valence-electron chi connectivity index (χ0n) is 8.75. The first kappa shape index (κ1) is 13.9.